The number of ether oxygens (including phenoxy) is 1. The Morgan fingerprint density at radius 3 is 2.44 bits per heavy atom. The van der Waals surface area contributed by atoms with E-state index in [-0.39, 0.29) is 18.1 Å². The summed E-state index contributed by atoms with van der Waals surface area (Å²) in [7, 11) is 1.77. The first-order valence-corrected chi connectivity index (χ1v) is 7.98. The van der Waals surface area contributed by atoms with Crippen LogP contribution in [0.25, 0.3) is 0 Å². The van der Waals surface area contributed by atoms with Crippen LogP contribution < -0.4 is 10.1 Å². The molecule has 134 valence electrons. The minimum atomic E-state index is -0.797. The number of nitrogens with one attached hydrogen (secondary N) is 1. The van der Waals surface area contributed by atoms with Crippen LogP contribution in [0.4, 0.5) is 14.5 Å². The second kappa shape index (κ2) is 8.58. The van der Waals surface area contributed by atoms with Gasteiger partial charge in [-0.2, -0.15) is 0 Å². The highest BCUT2D eigenvalue weighted by Crippen LogP contribution is 2.16. The molecule has 0 aromatic heterocycles. The van der Waals surface area contributed by atoms with Crippen molar-refractivity contribution in [3.05, 3.63) is 59.2 Å². The van der Waals surface area contributed by atoms with Crippen LogP contribution in [0, 0.1) is 25.5 Å². The topological polar surface area (TPSA) is 41.6 Å². The predicted molar refractivity (Wildman–Crippen MR) is 93.9 cm³/mol. The van der Waals surface area contributed by atoms with Crippen molar-refractivity contribution in [2.75, 3.05) is 32.1 Å². The van der Waals surface area contributed by atoms with Gasteiger partial charge in [0.2, 0.25) is 5.91 Å². The van der Waals surface area contributed by atoms with Crippen molar-refractivity contribution < 1.29 is 18.3 Å². The lowest BCUT2D eigenvalue weighted by Crippen LogP contribution is -2.33. The van der Waals surface area contributed by atoms with E-state index in [1.807, 2.05) is 26.0 Å². The SMILES string of the molecule is Cc1cc(C)cc(OCCN(C)CC(=O)Nc2ccc(F)cc2F)c1. The molecule has 1 N–H and O–H groups in total. The molecule has 0 saturated heterocycles. The van der Waals surface area contributed by atoms with Crippen molar-refractivity contribution in [3.8, 4) is 5.75 Å². The van der Waals surface area contributed by atoms with Crippen LogP contribution in [0.1, 0.15) is 11.1 Å². The van der Waals surface area contributed by atoms with E-state index < -0.39 is 11.6 Å². The molecule has 4 nitrogen and oxygen atoms in total. The molecule has 0 unspecified atom stereocenters. The number of halogens is 2. The summed E-state index contributed by atoms with van der Waals surface area (Å²) in [5.74, 6) is -1.06. The molecule has 0 heterocycles. The average molecular weight is 348 g/mol. The quantitative estimate of drug-likeness (QED) is 0.832. The molecule has 0 aliphatic rings. The molecule has 2 aromatic rings. The zero-order valence-electron chi connectivity index (χ0n) is 14.6. The van der Waals surface area contributed by atoms with E-state index in [9.17, 15) is 13.6 Å². The van der Waals surface area contributed by atoms with E-state index in [4.69, 9.17) is 4.74 Å². The van der Waals surface area contributed by atoms with E-state index in [0.717, 1.165) is 29.0 Å². The van der Waals surface area contributed by atoms with E-state index in [1.165, 1.54) is 6.07 Å². The van der Waals surface area contributed by atoms with Gasteiger partial charge in [0.25, 0.3) is 0 Å². The molecule has 0 aliphatic heterocycles. The Kier molecular flexibility index (Phi) is 6.47. The van der Waals surface area contributed by atoms with Gasteiger partial charge in [0.15, 0.2) is 0 Å². The smallest absolute Gasteiger partial charge is 0.238 e. The number of carbonyl (C=O) groups excluding carboxylic acids is 1. The highest BCUT2D eigenvalue weighted by Gasteiger charge is 2.10. The van der Waals surface area contributed by atoms with Gasteiger partial charge in [-0.3, -0.25) is 9.69 Å². The zero-order chi connectivity index (χ0) is 18.4. The lowest BCUT2D eigenvalue weighted by atomic mass is 10.1. The van der Waals surface area contributed by atoms with Gasteiger partial charge in [0.05, 0.1) is 12.2 Å². The molecular formula is C19H22F2N2O2. The summed E-state index contributed by atoms with van der Waals surface area (Å²) in [4.78, 5) is 13.7. The summed E-state index contributed by atoms with van der Waals surface area (Å²) in [5.41, 5.74) is 2.22. The lowest BCUT2D eigenvalue weighted by Gasteiger charge is -2.17. The van der Waals surface area contributed by atoms with Gasteiger partial charge in [-0.1, -0.05) is 6.07 Å². The lowest BCUT2D eigenvalue weighted by molar-refractivity contribution is -0.117. The second-order valence-electron chi connectivity index (χ2n) is 6.08. The molecule has 0 fully saturated rings. The van der Waals surface area contributed by atoms with Gasteiger partial charge in [-0.25, -0.2) is 8.78 Å². The standard InChI is InChI=1S/C19H22F2N2O2/c1-13-8-14(2)10-16(9-13)25-7-6-23(3)12-19(24)22-18-5-4-15(20)11-17(18)21/h4-5,8-11H,6-7,12H2,1-3H3,(H,22,24). The van der Waals surface area contributed by atoms with Gasteiger partial charge in [-0.15, -0.1) is 0 Å². The summed E-state index contributed by atoms with van der Waals surface area (Å²) in [6.07, 6.45) is 0. The molecule has 0 radical (unpaired) electrons. The average Bonchev–Trinajstić information content (AvgIpc) is 2.49. The van der Waals surface area contributed by atoms with E-state index in [1.54, 1.807) is 11.9 Å². The Morgan fingerprint density at radius 2 is 1.80 bits per heavy atom. The van der Waals surface area contributed by atoms with E-state index in [2.05, 4.69) is 11.4 Å². The van der Waals surface area contributed by atoms with Crippen LogP contribution >= 0.6 is 0 Å². The number of anilines is 1. The van der Waals surface area contributed by atoms with Crippen LogP contribution in [0.2, 0.25) is 0 Å². The zero-order valence-corrected chi connectivity index (χ0v) is 14.6. The van der Waals surface area contributed by atoms with Crippen molar-refractivity contribution in [2.45, 2.75) is 13.8 Å². The Labute approximate surface area is 146 Å². The fourth-order valence-electron chi connectivity index (χ4n) is 2.44. The molecule has 6 heteroatoms. The maximum atomic E-state index is 13.5. The molecule has 0 spiro atoms. The molecule has 0 bridgehead atoms. The maximum absolute atomic E-state index is 13.5. The number of carbonyl (C=O) groups is 1. The van der Waals surface area contributed by atoms with Crippen LogP contribution in [0.5, 0.6) is 5.75 Å². The van der Waals surface area contributed by atoms with Crippen molar-refractivity contribution >= 4 is 11.6 Å². The highest BCUT2D eigenvalue weighted by atomic mass is 19.1. The normalized spacial score (nSPS) is 10.8. The predicted octanol–water partition coefficient (Wildman–Crippen LogP) is 3.53. The Bertz CT molecular complexity index is 730. The van der Waals surface area contributed by atoms with E-state index >= 15 is 0 Å². The number of nitrogens with zero attached hydrogens (tertiary/aromatic N) is 1. The van der Waals surface area contributed by atoms with Gasteiger partial charge in [-0.05, 0) is 56.3 Å². The number of hydrogen-bond donors (Lipinski definition) is 1. The summed E-state index contributed by atoms with van der Waals surface area (Å²) < 4.78 is 32.1. The van der Waals surface area contributed by atoms with Crippen molar-refractivity contribution in [1.82, 2.24) is 4.90 Å². The molecule has 0 aliphatic carbocycles. The van der Waals surface area contributed by atoms with Gasteiger partial charge in [0, 0.05) is 12.6 Å². The minimum Gasteiger partial charge on any atom is -0.492 e. The van der Waals surface area contributed by atoms with Crippen molar-refractivity contribution in [3.63, 3.8) is 0 Å². The summed E-state index contributed by atoms with van der Waals surface area (Å²) in [6, 6.07) is 9.01. The van der Waals surface area contributed by atoms with Crippen molar-refractivity contribution in [2.24, 2.45) is 0 Å². The molecule has 25 heavy (non-hydrogen) atoms. The first-order chi connectivity index (χ1) is 11.8. The monoisotopic (exact) mass is 348 g/mol. The number of hydrogen-bond acceptors (Lipinski definition) is 3. The minimum absolute atomic E-state index is 0.0358. The second-order valence-corrected chi connectivity index (χ2v) is 6.08. The van der Waals surface area contributed by atoms with E-state index in [0.29, 0.717) is 13.2 Å². The number of aryl methyl sites for hydroxylation is 2. The Balaban J connectivity index is 1.77. The molecular weight excluding hydrogens is 326 g/mol. The first-order valence-electron chi connectivity index (χ1n) is 7.98. The maximum Gasteiger partial charge on any atom is 0.238 e. The molecule has 0 atom stereocenters. The summed E-state index contributed by atoms with van der Waals surface area (Å²) >= 11 is 0. The third kappa shape index (κ3) is 6.15. The highest BCUT2D eigenvalue weighted by molar-refractivity contribution is 5.92. The third-order valence-corrected chi connectivity index (χ3v) is 3.56. The van der Waals surface area contributed by atoms with Crippen LogP contribution in [-0.4, -0.2) is 37.6 Å². The number of likely N-dealkylation sites (N-methyl/N-ethyl adjacent to an activating group) is 1. The fraction of sp³-hybridized carbons (Fsp3) is 0.316. The summed E-state index contributed by atoms with van der Waals surface area (Å²) in [6.45, 7) is 5.05. The molecule has 2 aromatic carbocycles. The first kappa shape index (κ1) is 18.9. The number of amides is 1. The summed E-state index contributed by atoms with van der Waals surface area (Å²) in [5, 5.41) is 2.43. The third-order valence-electron chi connectivity index (χ3n) is 3.56. The Morgan fingerprint density at radius 1 is 1.12 bits per heavy atom. The van der Waals surface area contributed by atoms with Gasteiger partial charge >= 0.3 is 0 Å². The molecule has 0 saturated carbocycles. The van der Waals surface area contributed by atoms with Crippen LogP contribution in [0.15, 0.2) is 36.4 Å². The van der Waals surface area contributed by atoms with Gasteiger partial charge < -0.3 is 10.1 Å². The van der Waals surface area contributed by atoms with Crippen molar-refractivity contribution in [1.29, 1.82) is 0 Å². The van der Waals surface area contributed by atoms with Crippen LogP contribution in [0.3, 0.4) is 0 Å². The fourth-order valence-corrected chi connectivity index (χ4v) is 2.44. The molecule has 2 rings (SSSR count). The Hall–Kier alpha value is -2.47. The molecule has 1 amide bonds. The number of benzene rings is 2. The van der Waals surface area contributed by atoms with Crippen LogP contribution in [-0.2, 0) is 4.79 Å². The number of rotatable bonds is 7. The largest absolute Gasteiger partial charge is 0.492 e. The van der Waals surface area contributed by atoms with Gasteiger partial charge in [0.1, 0.15) is 24.0 Å².